The summed E-state index contributed by atoms with van der Waals surface area (Å²) in [6.07, 6.45) is 0. The van der Waals surface area contributed by atoms with Crippen LogP contribution in [0.2, 0.25) is 0 Å². The van der Waals surface area contributed by atoms with Crippen molar-refractivity contribution in [1.29, 1.82) is 5.26 Å². The Bertz CT molecular complexity index is 710. The first-order valence-corrected chi connectivity index (χ1v) is 6.66. The highest BCUT2D eigenvalue weighted by atomic mass is 35.5. The first kappa shape index (κ1) is 15.0. The number of alkyl halides is 1. The van der Waals surface area contributed by atoms with Gasteiger partial charge in [0, 0.05) is 11.3 Å². The maximum Gasteiger partial charge on any atom is 0.246 e. The summed E-state index contributed by atoms with van der Waals surface area (Å²) in [5, 5.41) is 10.5. The minimum atomic E-state index is -0.889. The maximum absolute atomic E-state index is 13.7. The highest BCUT2D eigenvalue weighted by Gasteiger charge is 2.19. The van der Waals surface area contributed by atoms with Crippen LogP contribution in [0.3, 0.4) is 0 Å². The second kappa shape index (κ2) is 6.38. The van der Waals surface area contributed by atoms with Gasteiger partial charge in [-0.2, -0.15) is 5.26 Å². The molecule has 0 radical (unpaired) electrons. The van der Waals surface area contributed by atoms with E-state index in [1.165, 1.54) is 13.0 Å². The predicted octanol–water partition coefficient (Wildman–Crippen LogP) is 3.92. The Hall–Kier alpha value is -2.38. The predicted molar refractivity (Wildman–Crippen MR) is 79.5 cm³/mol. The summed E-state index contributed by atoms with van der Waals surface area (Å²) in [5.74, 6) is -1.02. The molecular formula is C16H12ClFN2O. The van der Waals surface area contributed by atoms with Gasteiger partial charge in [0.05, 0.1) is 11.6 Å². The highest BCUT2D eigenvalue weighted by Crippen LogP contribution is 2.25. The van der Waals surface area contributed by atoms with E-state index in [2.05, 4.69) is 5.32 Å². The van der Waals surface area contributed by atoms with Gasteiger partial charge in [0.1, 0.15) is 11.2 Å². The van der Waals surface area contributed by atoms with Crippen molar-refractivity contribution in [3.63, 3.8) is 0 Å². The normalized spacial score (nSPS) is 11.5. The Morgan fingerprint density at radius 2 is 2.00 bits per heavy atom. The standard InChI is InChI=1S/C16H12ClFN2O/c1-10-13(18)7-11(9-19)8-14(10)20-16(21)15(17)12-5-3-2-4-6-12/h2-8,15H,1H3,(H,20,21). The van der Waals surface area contributed by atoms with E-state index in [4.69, 9.17) is 16.9 Å². The van der Waals surface area contributed by atoms with Gasteiger partial charge in [0.2, 0.25) is 5.91 Å². The van der Waals surface area contributed by atoms with Crippen LogP contribution in [0.15, 0.2) is 42.5 Å². The molecule has 106 valence electrons. The summed E-state index contributed by atoms with van der Waals surface area (Å²) in [4.78, 5) is 12.1. The third kappa shape index (κ3) is 3.39. The lowest BCUT2D eigenvalue weighted by Gasteiger charge is -2.13. The number of nitriles is 1. The van der Waals surface area contributed by atoms with Crippen LogP contribution in [0, 0.1) is 24.1 Å². The van der Waals surface area contributed by atoms with Gasteiger partial charge in [-0.15, -0.1) is 11.6 Å². The van der Waals surface area contributed by atoms with Crippen molar-refractivity contribution >= 4 is 23.2 Å². The lowest BCUT2D eigenvalue weighted by atomic mass is 10.1. The van der Waals surface area contributed by atoms with Crippen molar-refractivity contribution in [2.24, 2.45) is 0 Å². The number of hydrogen-bond acceptors (Lipinski definition) is 2. The Kier molecular flexibility index (Phi) is 4.56. The van der Waals surface area contributed by atoms with E-state index >= 15 is 0 Å². The molecule has 1 N–H and O–H groups in total. The molecule has 2 aromatic rings. The van der Waals surface area contributed by atoms with Gasteiger partial charge in [-0.25, -0.2) is 4.39 Å². The Balaban J connectivity index is 2.24. The molecule has 3 nitrogen and oxygen atoms in total. The molecule has 0 saturated heterocycles. The van der Waals surface area contributed by atoms with Crippen LogP contribution >= 0.6 is 11.6 Å². The lowest BCUT2D eigenvalue weighted by Crippen LogP contribution is -2.18. The quantitative estimate of drug-likeness (QED) is 0.874. The Labute approximate surface area is 127 Å². The van der Waals surface area contributed by atoms with Crippen LogP contribution < -0.4 is 5.32 Å². The largest absolute Gasteiger partial charge is 0.324 e. The molecule has 0 fully saturated rings. The minimum Gasteiger partial charge on any atom is -0.324 e. The fraction of sp³-hybridized carbons (Fsp3) is 0.125. The molecule has 1 atom stereocenters. The molecule has 5 heteroatoms. The highest BCUT2D eigenvalue weighted by molar-refractivity contribution is 6.32. The zero-order valence-corrected chi connectivity index (χ0v) is 12.0. The van der Waals surface area contributed by atoms with Gasteiger partial charge in [-0.1, -0.05) is 30.3 Å². The molecule has 0 heterocycles. The molecule has 1 amide bonds. The number of nitrogens with zero attached hydrogens (tertiary/aromatic N) is 1. The van der Waals surface area contributed by atoms with Crippen molar-refractivity contribution in [3.05, 3.63) is 65.0 Å². The van der Waals surface area contributed by atoms with Gasteiger partial charge in [-0.05, 0) is 24.6 Å². The van der Waals surface area contributed by atoms with Gasteiger partial charge < -0.3 is 5.32 Å². The number of rotatable bonds is 3. The van der Waals surface area contributed by atoms with E-state index in [0.29, 0.717) is 5.56 Å². The third-order valence-electron chi connectivity index (χ3n) is 3.05. The molecule has 0 bridgehead atoms. The molecule has 2 rings (SSSR count). The molecule has 0 aliphatic rings. The van der Waals surface area contributed by atoms with Crippen LogP contribution in [0.25, 0.3) is 0 Å². The van der Waals surface area contributed by atoms with Crippen molar-refractivity contribution in [2.45, 2.75) is 12.3 Å². The zero-order chi connectivity index (χ0) is 15.4. The maximum atomic E-state index is 13.7. The monoisotopic (exact) mass is 302 g/mol. The molecule has 0 aromatic heterocycles. The van der Waals surface area contributed by atoms with E-state index in [-0.39, 0.29) is 16.8 Å². The molecule has 21 heavy (non-hydrogen) atoms. The lowest BCUT2D eigenvalue weighted by molar-refractivity contribution is -0.116. The molecule has 1 unspecified atom stereocenters. The zero-order valence-electron chi connectivity index (χ0n) is 11.2. The second-order valence-electron chi connectivity index (χ2n) is 4.50. The Morgan fingerprint density at radius 1 is 1.33 bits per heavy atom. The summed E-state index contributed by atoms with van der Waals surface area (Å²) < 4.78 is 13.7. The third-order valence-corrected chi connectivity index (χ3v) is 3.50. The van der Waals surface area contributed by atoms with Crippen LogP contribution in [0.1, 0.15) is 22.1 Å². The summed E-state index contributed by atoms with van der Waals surface area (Å²) in [5.41, 5.74) is 1.29. The summed E-state index contributed by atoms with van der Waals surface area (Å²) in [6, 6.07) is 13.2. The number of carbonyl (C=O) groups is 1. The number of benzene rings is 2. The van der Waals surface area contributed by atoms with Gasteiger partial charge in [-0.3, -0.25) is 4.79 Å². The van der Waals surface area contributed by atoms with Gasteiger partial charge in [0.15, 0.2) is 0 Å². The molecular weight excluding hydrogens is 291 g/mol. The van der Waals surface area contributed by atoms with E-state index in [1.807, 2.05) is 12.1 Å². The second-order valence-corrected chi connectivity index (χ2v) is 4.94. The fourth-order valence-electron chi connectivity index (χ4n) is 1.84. The average molecular weight is 303 g/mol. The fourth-order valence-corrected chi connectivity index (χ4v) is 2.04. The molecule has 0 spiro atoms. The van der Waals surface area contributed by atoms with Crippen molar-refractivity contribution < 1.29 is 9.18 Å². The Morgan fingerprint density at radius 3 is 2.62 bits per heavy atom. The SMILES string of the molecule is Cc1c(F)cc(C#N)cc1NC(=O)C(Cl)c1ccccc1. The number of amides is 1. The van der Waals surface area contributed by atoms with E-state index < -0.39 is 17.1 Å². The van der Waals surface area contributed by atoms with E-state index in [1.54, 1.807) is 24.3 Å². The minimum absolute atomic E-state index is 0.138. The van der Waals surface area contributed by atoms with Gasteiger partial charge in [0.25, 0.3) is 0 Å². The smallest absolute Gasteiger partial charge is 0.246 e. The summed E-state index contributed by atoms with van der Waals surface area (Å²) in [7, 11) is 0. The first-order valence-electron chi connectivity index (χ1n) is 6.23. The van der Waals surface area contributed by atoms with Crippen LogP contribution in [0.4, 0.5) is 10.1 Å². The molecule has 0 aliphatic heterocycles. The first-order chi connectivity index (χ1) is 10.0. The summed E-state index contributed by atoms with van der Waals surface area (Å²) in [6.45, 7) is 1.53. The van der Waals surface area contributed by atoms with Crippen molar-refractivity contribution in [1.82, 2.24) is 0 Å². The molecule has 0 aliphatic carbocycles. The summed E-state index contributed by atoms with van der Waals surface area (Å²) >= 11 is 6.10. The molecule has 2 aromatic carbocycles. The average Bonchev–Trinajstić information content (AvgIpc) is 2.51. The van der Waals surface area contributed by atoms with Crippen molar-refractivity contribution in [2.75, 3.05) is 5.32 Å². The number of carbonyl (C=O) groups excluding carboxylic acids is 1. The number of anilines is 1. The van der Waals surface area contributed by atoms with Crippen LogP contribution in [0.5, 0.6) is 0 Å². The topological polar surface area (TPSA) is 52.9 Å². The number of hydrogen-bond donors (Lipinski definition) is 1. The van der Waals surface area contributed by atoms with Crippen LogP contribution in [-0.2, 0) is 4.79 Å². The van der Waals surface area contributed by atoms with E-state index in [0.717, 1.165) is 6.07 Å². The van der Waals surface area contributed by atoms with E-state index in [9.17, 15) is 9.18 Å². The van der Waals surface area contributed by atoms with Crippen molar-refractivity contribution in [3.8, 4) is 6.07 Å². The molecule has 0 saturated carbocycles. The van der Waals surface area contributed by atoms with Crippen LogP contribution in [-0.4, -0.2) is 5.91 Å². The van der Waals surface area contributed by atoms with Gasteiger partial charge >= 0.3 is 0 Å². The number of nitrogens with one attached hydrogen (secondary N) is 1. The number of halogens is 2.